The number of nitrogens with zero attached hydrogens (tertiary/aromatic N) is 2. The molecule has 8 heteroatoms. The summed E-state index contributed by atoms with van der Waals surface area (Å²) < 4.78 is 39.9. The maximum Gasteiger partial charge on any atom is 0.422 e. The van der Waals surface area contributed by atoms with E-state index in [0.29, 0.717) is 0 Å². The molecule has 0 aromatic carbocycles. The van der Waals surface area contributed by atoms with Gasteiger partial charge in [-0.3, -0.25) is 0 Å². The van der Waals surface area contributed by atoms with Gasteiger partial charge < -0.3 is 10.5 Å². The fourth-order valence-corrected chi connectivity index (χ4v) is 0.918. The highest BCUT2D eigenvalue weighted by atomic mass is 32.1. The van der Waals surface area contributed by atoms with Crippen molar-refractivity contribution < 1.29 is 17.9 Å². The van der Waals surface area contributed by atoms with Gasteiger partial charge in [0.25, 0.3) is 0 Å². The second-order valence-electron chi connectivity index (χ2n) is 2.52. The topological polar surface area (TPSA) is 61.0 Å². The average Bonchev–Trinajstić information content (AvgIpc) is 2.14. The molecule has 0 aliphatic carbocycles. The van der Waals surface area contributed by atoms with Gasteiger partial charge in [-0.25, -0.2) is 0 Å². The van der Waals surface area contributed by atoms with Crippen LogP contribution in [0.4, 0.5) is 13.2 Å². The van der Waals surface area contributed by atoms with Crippen molar-refractivity contribution in [1.29, 1.82) is 0 Å². The number of aromatic nitrogens is 2. The second kappa shape index (κ2) is 4.39. The van der Waals surface area contributed by atoms with E-state index in [0.717, 1.165) is 0 Å². The molecule has 0 saturated carbocycles. The Morgan fingerprint density at radius 3 is 2.73 bits per heavy atom. The van der Waals surface area contributed by atoms with Crippen LogP contribution in [0.2, 0.25) is 0 Å². The number of halogens is 3. The molecule has 0 unspecified atom stereocenters. The van der Waals surface area contributed by atoms with Crippen LogP contribution in [0.3, 0.4) is 0 Å². The highest BCUT2D eigenvalue weighted by molar-refractivity contribution is 7.80. The van der Waals surface area contributed by atoms with Gasteiger partial charge in [0, 0.05) is 0 Å². The molecule has 0 saturated heterocycles. The maximum atomic E-state index is 11.8. The van der Waals surface area contributed by atoms with E-state index in [1.54, 1.807) is 0 Å². The lowest BCUT2D eigenvalue weighted by molar-refractivity contribution is -0.154. The first-order valence-electron chi connectivity index (χ1n) is 3.71. The van der Waals surface area contributed by atoms with Crippen LogP contribution >= 0.6 is 12.2 Å². The molecule has 0 amide bonds. The van der Waals surface area contributed by atoms with Crippen LogP contribution in [0.15, 0.2) is 12.3 Å². The summed E-state index contributed by atoms with van der Waals surface area (Å²) in [5.41, 5.74) is 5.39. The lowest BCUT2D eigenvalue weighted by atomic mass is 10.3. The van der Waals surface area contributed by atoms with Crippen LogP contribution in [0.1, 0.15) is 5.56 Å². The lowest BCUT2D eigenvalue weighted by Gasteiger charge is -2.09. The first-order valence-corrected chi connectivity index (χ1v) is 4.12. The Balaban J connectivity index is 2.81. The van der Waals surface area contributed by atoms with Gasteiger partial charge in [0.05, 0.1) is 11.8 Å². The fraction of sp³-hybridized carbons (Fsp3) is 0.286. The van der Waals surface area contributed by atoms with Crippen LogP contribution < -0.4 is 10.5 Å². The van der Waals surface area contributed by atoms with Gasteiger partial charge in [-0.15, -0.1) is 5.10 Å². The lowest BCUT2D eigenvalue weighted by Crippen LogP contribution is -2.22. The zero-order valence-electron chi connectivity index (χ0n) is 7.28. The third kappa shape index (κ3) is 3.66. The Bertz CT molecular complexity index is 369. The smallest absolute Gasteiger partial charge is 0.422 e. The molecule has 1 rings (SSSR count). The first-order chi connectivity index (χ1) is 6.90. The van der Waals surface area contributed by atoms with E-state index < -0.39 is 12.8 Å². The molecule has 0 radical (unpaired) electrons. The molecule has 0 bridgehead atoms. The van der Waals surface area contributed by atoms with E-state index in [4.69, 9.17) is 5.73 Å². The normalized spacial score (nSPS) is 11.1. The number of hydrogen-bond donors (Lipinski definition) is 1. The third-order valence-corrected chi connectivity index (χ3v) is 1.54. The Morgan fingerprint density at radius 2 is 2.20 bits per heavy atom. The molecule has 15 heavy (non-hydrogen) atoms. The van der Waals surface area contributed by atoms with Gasteiger partial charge in [-0.1, -0.05) is 12.2 Å². The molecule has 1 aromatic rings. The van der Waals surface area contributed by atoms with Gasteiger partial charge in [0.1, 0.15) is 4.99 Å². The van der Waals surface area contributed by atoms with Crippen molar-refractivity contribution in [2.24, 2.45) is 5.73 Å². The monoisotopic (exact) mass is 237 g/mol. The van der Waals surface area contributed by atoms with Gasteiger partial charge in [0.2, 0.25) is 5.88 Å². The summed E-state index contributed by atoms with van der Waals surface area (Å²) in [5.74, 6) is -0.317. The molecule has 0 spiro atoms. The molecule has 1 aromatic heterocycles. The minimum atomic E-state index is -4.44. The first kappa shape index (κ1) is 11.6. The summed E-state index contributed by atoms with van der Waals surface area (Å²) in [6, 6.07) is 1.33. The molecule has 1 heterocycles. The van der Waals surface area contributed by atoms with Crippen molar-refractivity contribution in [2.75, 3.05) is 6.61 Å². The van der Waals surface area contributed by atoms with Gasteiger partial charge in [-0.2, -0.15) is 18.3 Å². The standard InChI is InChI=1S/C7H6F3N3OS/c8-7(9,10)3-14-6-4(5(11)15)1-2-12-13-6/h1-2H,3H2,(H2,11,15). The van der Waals surface area contributed by atoms with Gasteiger partial charge in [0.15, 0.2) is 6.61 Å². The fourth-order valence-electron chi connectivity index (χ4n) is 0.763. The van der Waals surface area contributed by atoms with E-state index >= 15 is 0 Å². The second-order valence-corrected chi connectivity index (χ2v) is 2.96. The predicted octanol–water partition coefficient (Wildman–Crippen LogP) is 1.05. The SMILES string of the molecule is NC(=S)c1ccnnc1OCC(F)(F)F. The van der Waals surface area contributed by atoms with Crippen LogP contribution in [0.5, 0.6) is 5.88 Å². The van der Waals surface area contributed by atoms with E-state index in [9.17, 15) is 13.2 Å². The maximum absolute atomic E-state index is 11.8. The van der Waals surface area contributed by atoms with E-state index in [1.165, 1.54) is 12.3 Å². The zero-order valence-corrected chi connectivity index (χ0v) is 8.10. The van der Waals surface area contributed by atoms with Crippen LogP contribution in [-0.4, -0.2) is 28.0 Å². The minimum absolute atomic E-state index is 0.0953. The molecule has 2 N–H and O–H groups in total. The number of ether oxygens (including phenoxy) is 1. The van der Waals surface area contributed by atoms with Crippen molar-refractivity contribution in [2.45, 2.75) is 6.18 Å². The Kier molecular flexibility index (Phi) is 3.40. The summed E-state index contributed by atoms with van der Waals surface area (Å²) in [6.45, 7) is -1.46. The molecular formula is C7H6F3N3OS. The van der Waals surface area contributed by atoms with Crippen molar-refractivity contribution in [3.8, 4) is 5.88 Å². The summed E-state index contributed by atoms with van der Waals surface area (Å²) in [4.78, 5) is -0.0953. The molecule has 82 valence electrons. The Morgan fingerprint density at radius 1 is 1.53 bits per heavy atom. The van der Waals surface area contributed by atoms with Gasteiger partial charge in [-0.05, 0) is 6.07 Å². The highest BCUT2D eigenvalue weighted by Crippen LogP contribution is 2.19. The predicted molar refractivity (Wildman–Crippen MR) is 49.5 cm³/mol. The third-order valence-electron chi connectivity index (χ3n) is 1.32. The Hall–Kier alpha value is -1.44. The molecule has 4 nitrogen and oxygen atoms in total. The molecule has 0 fully saturated rings. The van der Waals surface area contributed by atoms with E-state index in [-0.39, 0.29) is 16.4 Å². The Labute approximate surface area is 88.2 Å². The number of hydrogen-bond acceptors (Lipinski definition) is 4. The number of thiocarbonyl (C=S) groups is 1. The van der Waals surface area contributed by atoms with E-state index in [1.807, 2.05) is 0 Å². The average molecular weight is 237 g/mol. The summed E-state index contributed by atoms with van der Waals surface area (Å²) >= 11 is 4.61. The highest BCUT2D eigenvalue weighted by Gasteiger charge is 2.29. The number of nitrogens with two attached hydrogens (primary N) is 1. The van der Waals surface area contributed by atoms with Crippen molar-refractivity contribution in [3.05, 3.63) is 17.8 Å². The number of alkyl halides is 3. The molecular weight excluding hydrogens is 231 g/mol. The zero-order chi connectivity index (χ0) is 11.5. The van der Waals surface area contributed by atoms with Crippen molar-refractivity contribution in [1.82, 2.24) is 10.2 Å². The van der Waals surface area contributed by atoms with Crippen molar-refractivity contribution >= 4 is 17.2 Å². The van der Waals surface area contributed by atoms with E-state index in [2.05, 4.69) is 27.2 Å². The van der Waals surface area contributed by atoms with Crippen molar-refractivity contribution in [3.63, 3.8) is 0 Å². The summed E-state index contributed by atoms with van der Waals surface area (Å²) in [7, 11) is 0. The van der Waals surface area contributed by atoms with Crippen LogP contribution in [0, 0.1) is 0 Å². The summed E-state index contributed by atoms with van der Waals surface area (Å²) in [5, 5.41) is 6.73. The summed E-state index contributed by atoms with van der Waals surface area (Å²) in [6.07, 6.45) is -3.18. The minimum Gasteiger partial charge on any atom is -0.466 e. The largest absolute Gasteiger partial charge is 0.466 e. The molecule has 0 aliphatic heterocycles. The van der Waals surface area contributed by atoms with Crippen LogP contribution in [0.25, 0.3) is 0 Å². The quantitative estimate of drug-likeness (QED) is 0.796. The number of rotatable bonds is 3. The molecule has 0 atom stereocenters. The molecule has 0 aliphatic rings. The van der Waals surface area contributed by atoms with Gasteiger partial charge >= 0.3 is 6.18 Å². The van der Waals surface area contributed by atoms with Crippen LogP contribution in [-0.2, 0) is 0 Å².